The predicted molar refractivity (Wildman–Crippen MR) is 77.2 cm³/mol. The van der Waals surface area contributed by atoms with Gasteiger partial charge in [0.05, 0.1) is 6.61 Å². The monoisotopic (exact) mass is 250 g/mol. The van der Waals surface area contributed by atoms with Crippen LogP contribution in [0.25, 0.3) is 0 Å². The molecule has 1 N–H and O–H groups in total. The van der Waals surface area contributed by atoms with Gasteiger partial charge in [0.2, 0.25) is 0 Å². The van der Waals surface area contributed by atoms with Crippen LogP contribution in [0.2, 0.25) is 0 Å². The van der Waals surface area contributed by atoms with Crippen LogP contribution >= 0.6 is 0 Å². The second kappa shape index (κ2) is 8.11. The van der Waals surface area contributed by atoms with E-state index < -0.39 is 0 Å². The molecule has 0 heterocycles. The van der Waals surface area contributed by atoms with Crippen molar-refractivity contribution in [1.82, 2.24) is 10.2 Å². The van der Waals surface area contributed by atoms with E-state index in [0.29, 0.717) is 6.04 Å². The number of rotatable bonds is 8. The van der Waals surface area contributed by atoms with Crippen LogP contribution < -0.4 is 10.1 Å². The number of hydrogen-bond acceptors (Lipinski definition) is 3. The summed E-state index contributed by atoms with van der Waals surface area (Å²) >= 11 is 0. The minimum Gasteiger partial charge on any atom is -0.494 e. The van der Waals surface area contributed by atoms with E-state index in [0.717, 1.165) is 25.4 Å². The zero-order valence-electron chi connectivity index (χ0n) is 12.1. The summed E-state index contributed by atoms with van der Waals surface area (Å²) in [5.74, 6) is 0.950. The number of nitrogens with one attached hydrogen (secondary N) is 1. The summed E-state index contributed by atoms with van der Waals surface area (Å²) in [5.41, 5.74) is 1.34. The van der Waals surface area contributed by atoms with Gasteiger partial charge in [0, 0.05) is 6.04 Å². The molecule has 0 bridgehead atoms. The van der Waals surface area contributed by atoms with Crippen LogP contribution in [0.3, 0.4) is 0 Å². The van der Waals surface area contributed by atoms with Gasteiger partial charge in [-0.2, -0.15) is 0 Å². The normalized spacial score (nSPS) is 12.7. The second-order valence-electron chi connectivity index (χ2n) is 4.62. The van der Waals surface area contributed by atoms with E-state index >= 15 is 0 Å². The van der Waals surface area contributed by atoms with Crippen LogP contribution in [-0.2, 0) is 0 Å². The van der Waals surface area contributed by atoms with E-state index in [-0.39, 0.29) is 0 Å². The van der Waals surface area contributed by atoms with Gasteiger partial charge in [-0.3, -0.25) is 4.90 Å². The largest absolute Gasteiger partial charge is 0.494 e. The minimum atomic E-state index is 0.442. The number of nitrogens with zero attached hydrogens (tertiary/aromatic N) is 1. The molecule has 0 radical (unpaired) electrons. The fourth-order valence-corrected chi connectivity index (χ4v) is 1.96. The molecule has 3 heteroatoms. The van der Waals surface area contributed by atoms with E-state index in [4.69, 9.17) is 4.74 Å². The van der Waals surface area contributed by atoms with Crippen molar-refractivity contribution in [3.8, 4) is 5.75 Å². The zero-order valence-corrected chi connectivity index (χ0v) is 12.1. The van der Waals surface area contributed by atoms with E-state index in [1.54, 1.807) is 0 Å². The summed E-state index contributed by atoms with van der Waals surface area (Å²) in [7, 11) is 4.17. The molecule has 0 saturated carbocycles. The molecule has 0 saturated heterocycles. The van der Waals surface area contributed by atoms with Crippen LogP contribution in [-0.4, -0.2) is 38.7 Å². The first kappa shape index (κ1) is 15.0. The van der Waals surface area contributed by atoms with Gasteiger partial charge >= 0.3 is 0 Å². The van der Waals surface area contributed by atoms with E-state index in [1.165, 1.54) is 12.0 Å². The van der Waals surface area contributed by atoms with Crippen molar-refractivity contribution in [3.05, 3.63) is 29.8 Å². The smallest absolute Gasteiger partial charge is 0.119 e. The third kappa shape index (κ3) is 4.67. The zero-order chi connectivity index (χ0) is 13.4. The van der Waals surface area contributed by atoms with Gasteiger partial charge < -0.3 is 10.1 Å². The molecule has 1 aromatic rings. The maximum absolute atomic E-state index is 5.46. The quantitative estimate of drug-likeness (QED) is 0.718. The molecule has 0 aliphatic rings. The molecule has 1 rings (SSSR count). The van der Waals surface area contributed by atoms with Crippen LogP contribution in [0, 0.1) is 0 Å². The summed E-state index contributed by atoms with van der Waals surface area (Å²) in [5, 5.41) is 3.18. The van der Waals surface area contributed by atoms with E-state index in [9.17, 15) is 0 Å². The Bertz CT molecular complexity index is 324. The van der Waals surface area contributed by atoms with Gasteiger partial charge in [0.25, 0.3) is 0 Å². The van der Waals surface area contributed by atoms with Gasteiger partial charge in [-0.25, -0.2) is 0 Å². The molecule has 0 spiro atoms. The molecule has 0 amide bonds. The summed E-state index contributed by atoms with van der Waals surface area (Å²) < 4.78 is 5.46. The molecule has 1 unspecified atom stereocenters. The Hall–Kier alpha value is -1.06. The fourth-order valence-electron chi connectivity index (χ4n) is 1.96. The second-order valence-corrected chi connectivity index (χ2v) is 4.62. The Labute approximate surface area is 111 Å². The van der Waals surface area contributed by atoms with Crippen LogP contribution in [0.4, 0.5) is 0 Å². The van der Waals surface area contributed by atoms with E-state index in [1.807, 2.05) is 14.0 Å². The molecule has 0 fully saturated rings. The first-order valence-electron chi connectivity index (χ1n) is 6.76. The van der Waals surface area contributed by atoms with Crippen LogP contribution in [0.5, 0.6) is 5.75 Å². The summed E-state index contributed by atoms with van der Waals surface area (Å²) in [6.07, 6.45) is 1.17. The van der Waals surface area contributed by atoms with Gasteiger partial charge in [-0.05, 0) is 65.1 Å². The first-order chi connectivity index (χ1) is 8.69. The molecule has 1 aromatic carbocycles. The highest BCUT2D eigenvalue weighted by Crippen LogP contribution is 2.21. The molecule has 0 aromatic heterocycles. The predicted octanol–water partition coefficient (Wildman–Crippen LogP) is 2.69. The van der Waals surface area contributed by atoms with Gasteiger partial charge in [0.1, 0.15) is 5.75 Å². The third-order valence-corrected chi connectivity index (χ3v) is 3.27. The van der Waals surface area contributed by atoms with Crippen molar-refractivity contribution in [1.29, 1.82) is 0 Å². The van der Waals surface area contributed by atoms with Crippen LogP contribution in [0.1, 0.15) is 31.9 Å². The highest BCUT2D eigenvalue weighted by atomic mass is 16.5. The van der Waals surface area contributed by atoms with Gasteiger partial charge in [0.15, 0.2) is 0 Å². The molecule has 1 atom stereocenters. The minimum absolute atomic E-state index is 0.442. The third-order valence-electron chi connectivity index (χ3n) is 3.27. The number of ether oxygens (including phenoxy) is 1. The van der Waals surface area contributed by atoms with Crippen LogP contribution in [0.15, 0.2) is 24.3 Å². The topological polar surface area (TPSA) is 24.5 Å². The lowest BCUT2D eigenvalue weighted by Gasteiger charge is -2.25. The summed E-state index contributed by atoms with van der Waals surface area (Å²) in [4.78, 5) is 2.38. The lowest BCUT2D eigenvalue weighted by atomic mass is 10.1. The average molecular weight is 250 g/mol. The maximum atomic E-state index is 5.46. The molecule has 0 aliphatic heterocycles. The maximum Gasteiger partial charge on any atom is 0.119 e. The Morgan fingerprint density at radius 2 is 1.94 bits per heavy atom. The Morgan fingerprint density at radius 3 is 2.50 bits per heavy atom. The molecule has 18 heavy (non-hydrogen) atoms. The summed E-state index contributed by atoms with van der Waals surface area (Å²) in [6, 6.07) is 8.86. The lowest BCUT2D eigenvalue weighted by Crippen LogP contribution is -2.25. The van der Waals surface area contributed by atoms with Crippen molar-refractivity contribution >= 4 is 0 Å². The molecule has 3 nitrogen and oxygen atoms in total. The molecular weight excluding hydrogens is 224 g/mol. The Balaban J connectivity index is 2.51. The molecular formula is C15H26N2O. The highest BCUT2D eigenvalue weighted by Gasteiger charge is 2.10. The first-order valence-corrected chi connectivity index (χ1v) is 6.76. The van der Waals surface area contributed by atoms with Gasteiger partial charge in [-0.1, -0.05) is 12.1 Å². The molecule has 102 valence electrons. The van der Waals surface area contributed by atoms with Gasteiger partial charge in [-0.15, -0.1) is 0 Å². The lowest BCUT2D eigenvalue weighted by molar-refractivity contribution is 0.258. The van der Waals surface area contributed by atoms with E-state index in [2.05, 4.69) is 48.5 Å². The SMILES string of the molecule is CCOc1ccc(C(C)N(C)CCCNC)cc1. The summed E-state index contributed by atoms with van der Waals surface area (Å²) in [6.45, 7) is 7.15. The van der Waals surface area contributed by atoms with Crippen molar-refractivity contribution in [3.63, 3.8) is 0 Å². The van der Waals surface area contributed by atoms with Crippen molar-refractivity contribution in [2.45, 2.75) is 26.3 Å². The highest BCUT2D eigenvalue weighted by molar-refractivity contribution is 5.28. The molecule has 0 aliphatic carbocycles. The number of benzene rings is 1. The Morgan fingerprint density at radius 1 is 1.28 bits per heavy atom. The van der Waals surface area contributed by atoms with Crippen molar-refractivity contribution in [2.24, 2.45) is 0 Å². The van der Waals surface area contributed by atoms with Crippen molar-refractivity contribution < 1.29 is 4.74 Å². The Kier molecular flexibility index (Phi) is 6.76. The standard InChI is InChI=1S/C15H26N2O/c1-5-18-15-9-7-14(8-10-15)13(2)17(4)12-6-11-16-3/h7-10,13,16H,5-6,11-12H2,1-4H3. The number of hydrogen-bond donors (Lipinski definition) is 1. The average Bonchev–Trinajstić information content (AvgIpc) is 2.39. The van der Waals surface area contributed by atoms with Crippen molar-refractivity contribution in [2.75, 3.05) is 33.8 Å². The fraction of sp³-hybridized carbons (Fsp3) is 0.600.